The molecule has 0 aliphatic rings. The van der Waals surface area contributed by atoms with Gasteiger partial charge in [-0.15, -0.1) is 0 Å². The molecule has 0 radical (unpaired) electrons. The minimum absolute atomic E-state index is 0.250. The Labute approximate surface area is 152 Å². The van der Waals surface area contributed by atoms with E-state index in [0.29, 0.717) is 0 Å². The topological polar surface area (TPSA) is 40.5 Å². The van der Waals surface area contributed by atoms with Crippen molar-refractivity contribution < 1.29 is 10.2 Å². The summed E-state index contributed by atoms with van der Waals surface area (Å²) in [4.78, 5) is 0. The summed E-state index contributed by atoms with van der Waals surface area (Å²) in [5.74, 6) is 0. The predicted octanol–water partition coefficient (Wildman–Crippen LogP) is 6.45. The van der Waals surface area contributed by atoms with E-state index >= 15 is 0 Å². The van der Waals surface area contributed by atoms with Crippen LogP contribution in [0.15, 0.2) is 72.8 Å². The van der Waals surface area contributed by atoms with E-state index in [1.165, 1.54) is 0 Å². The van der Waals surface area contributed by atoms with Gasteiger partial charge in [0.1, 0.15) is 0 Å². The van der Waals surface area contributed by atoms with E-state index in [-0.39, 0.29) is 13.2 Å². The monoisotopic (exact) mass is 338 g/mol. The van der Waals surface area contributed by atoms with Gasteiger partial charge in [-0.05, 0) is 13.8 Å². The van der Waals surface area contributed by atoms with Crippen LogP contribution < -0.4 is 0 Å². The lowest BCUT2D eigenvalue weighted by Gasteiger charge is -1.69. The third kappa shape index (κ3) is 71.1. The molecule has 0 spiro atoms. The van der Waals surface area contributed by atoms with Crippen molar-refractivity contribution in [2.24, 2.45) is 0 Å². The zero-order chi connectivity index (χ0) is 19.9. The van der Waals surface area contributed by atoms with Gasteiger partial charge in [-0.25, -0.2) is 0 Å². The van der Waals surface area contributed by atoms with Crippen LogP contribution in [0.4, 0.5) is 0 Å². The molecule has 0 saturated heterocycles. The van der Waals surface area contributed by atoms with Gasteiger partial charge in [0.05, 0.1) is 0 Å². The van der Waals surface area contributed by atoms with E-state index in [1.807, 2.05) is 114 Å². The Balaban J connectivity index is -0.0000000629. The molecular weight excluding hydrogens is 296 g/mol. The zero-order valence-electron chi connectivity index (χ0n) is 17.2. The summed E-state index contributed by atoms with van der Waals surface area (Å²) in [6.07, 6.45) is 0. The summed E-state index contributed by atoms with van der Waals surface area (Å²) in [6.45, 7) is 15.9. The highest BCUT2D eigenvalue weighted by Crippen LogP contribution is 1.80. The molecule has 2 rings (SSSR count). The first-order valence-electron chi connectivity index (χ1n) is 9.05. The molecule has 142 valence electrons. The van der Waals surface area contributed by atoms with E-state index < -0.39 is 0 Å². The van der Waals surface area contributed by atoms with E-state index in [2.05, 4.69) is 0 Å². The third-order valence-corrected chi connectivity index (χ3v) is 1.33. The average molecular weight is 339 g/mol. The summed E-state index contributed by atoms with van der Waals surface area (Å²) in [7, 11) is 0. The fourth-order valence-corrected chi connectivity index (χ4v) is 0.770. The molecular formula is C22H42O2. The van der Waals surface area contributed by atoms with Crippen molar-refractivity contribution in [1.29, 1.82) is 0 Å². The lowest BCUT2D eigenvalue weighted by molar-refractivity contribution is 0.318. The summed E-state index contributed by atoms with van der Waals surface area (Å²) < 4.78 is 0. The second kappa shape index (κ2) is 58.0. The molecule has 2 nitrogen and oxygen atoms in total. The number of aliphatic hydroxyl groups excluding tert-OH is 2. The van der Waals surface area contributed by atoms with Crippen molar-refractivity contribution in [3.8, 4) is 0 Å². The van der Waals surface area contributed by atoms with Crippen LogP contribution in [0.2, 0.25) is 0 Å². The molecule has 2 heteroatoms. The Hall–Kier alpha value is -1.64. The molecule has 0 amide bonds. The second-order valence-electron chi connectivity index (χ2n) is 2.94. The average Bonchev–Trinajstić information content (AvgIpc) is 2.71. The predicted molar refractivity (Wildman–Crippen MR) is 112 cm³/mol. The Bertz CT molecular complexity index is 209. The molecule has 0 fully saturated rings. The van der Waals surface area contributed by atoms with Crippen molar-refractivity contribution in [2.75, 3.05) is 13.2 Å². The first-order valence-corrected chi connectivity index (χ1v) is 9.05. The van der Waals surface area contributed by atoms with Crippen molar-refractivity contribution in [1.82, 2.24) is 0 Å². The summed E-state index contributed by atoms with van der Waals surface area (Å²) >= 11 is 0. The molecule has 0 aliphatic carbocycles. The highest BCUT2D eigenvalue weighted by atomic mass is 16.3. The van der Waals surface area contributed by atoms with Crippen molar-refractivity contribution >= 4 is 0 Å². The van der Waals surface area contributed by atoms with Crippen LogP contribution in [-0.4, -0.2) is 23.4 Å². The van der Waals surface area contributed by atoms with Gasteiger partial charge >= 0.3 is 0 Å². The number of hydrogen-bond donors (Lipinski definition) is 2. The maximum Gasteiger partial charge on any atom is 0.0402 e. The number of benzene rings is 2. The molecule has 24 heavy (non-hydrogen) atoms. The van der Waals surface area contributed by atoms with Gasteiger partial charge < -0.3 is 10.2 Å². The first kappa shape index (κ1) is 33.9. The van der Waals surface area contributed by atoms with E-state index in [1.54, 1.807) is 13.8 Å². The summed E-state index contributed by atoms with van der Waals surface area (Å²) in [5, 5.41) is 15.1. The fraction of sp³-hybridized carbons (Fsp3) is 0.455. The summed E-state index contributed by atoms with van der Waals surface area (Å²) in [6, 6.07) is 24.0. The lowest BCUT2D eigenvalue weighted by atomic mass is 10.4. The van der Waals surface area contributed by atoms with Crippen LogP contribution in [0.5, 0.6) is 0 Å². The second-order valence-corrected chi connectivity index (χ2v) is 2.94. The smallest absolute Gasteiger partial charge is 0.0402 e. The lowest BCUT2D eigenvalue weighted by Crippen LogP contribution is -1.57. The SMILES string of the molecule is CC.CC.CC.CCO.CCO.c1ccccc1.c1ccccc1. The van der Waals surface area contributed by atoms with Crippen LogP contribution >= 0.6 is 0 Å². The number of aliphatic hydroxyl groups is 2. The van der Waals surface area contributed by atoms with Gasteiger partial charge in [0, 0.05) is 13.2 Å². The molecule has 0 atom stereocenters. The summed E-state index contributed by atoms with van der Waals surface area (Å²) in [5.41, 5.74) is 0. The van der Waals surface area contributed by atoms with Crippen LogP contribution in [-0.2, 0) is 0 Å². The number of rotatable bonds is 0. The quantitative estimate of drug-likeness (QED) is 0.579. The van der Waals surface area contributed by atoms with Crippen molar-refractivity contribution in [3.05, 3.63) is 72.8 Å². The highest BCUT2D eigenvalue weighted by Gasteiger charge is 1.58. The zero-order valence-corrected chi connectivity index (χ0v) is 17.2. The Morgan fingerprint density at radius 1 is 0.375 bits per heavy atom. The Morgan fingerprint density at radius 3 is 0.458 bits per heavy atom. The molecule has 0 heterocycles. The molecule has 2 aromatic rings. The largest absolute Gasteiger partial charge is 0.397 e. The molecule has 2 N–H and O–H groups in total. The van der Waals surface area contributed by atoms with Gasteiger partial charge in [-0.3, -0.25) is 0 Å². The van der Waals surface area contributed by atoms with Gasteiger partial charge in [-0.2, -0.15) is 0 Å². The van der Waals surface area contributed by atoms with Gasteiger partial charge in [0.15, 0.2) is 0 Å². The van der Waals surface area contributed by atoms with Crippen molar-refractivity contribution in [3.63, 3.8) is 0 Å². The molecule has 0 aromatic heterocycles. The minimum Gasteiger partial charge on any atom is -0.397 e. The molecule has 0 bridgehead atoms. The fourth-order valence-electron chi connectivity index (χ4n) is 0.770. The normalized spacial score (nSPS) is 6.25. The Kier molecular flexibility index (Phi) is 81.7. The van der Waals surface area contributed by atoms with Gasteiger partial charge in [-0.1, -0.05) is 114 Å². The van der Waals surface area contributed by atoms with Gasteiger partial charge in [0.2, 0.25) is 0 Å². The molecule has 0 aliphatic heterocycles. The maximum atomic E-state index is 7.57. The Morgan fingerprint density at radius 2 is 0.417 bits per heavy atom. The first-order chi connectivity index (χ1) is 11.8. The molecule has 0 unspecified atom stereocenters. The van der Waals surface area contributed by atoms with Crippen LogP contribution in [0.1, 0.15) is 55.4 Å². The van der Waals surface area contributed by atoms with Crippen LogP contribution in [0, 0.1) is 0 Å². The van der Waals surface area contributed by atoms with Gasteiger partial charge in [0.25, 0.3) is 0 Å². The number of hydrogen-bond acceptors (Lipinski definition) is 2. The standard InChI is InChI=1S/2C6H6.2C2H6O.3C2H6/c2*1-2-4-6-5-3-1;2*1-2-3;3*1-2/h2*1-6H;2*3H,2H2,1H3;3*1-2H3. The van der Waals surface area contributed by atoms with Crippen molar-refractivity contribution in [2.45, 2.75) is 55.4 Å². The molecule has 2 aromatic carbocycles. The van der Waals surface area contributed by atoms with E-state index in [4.69, 9.17) is 10.2 Å². The van der Waals surface area contributed by atoms with E-state index in [9.17, 15) is 0 Å². The van der Waals surface area contributed by atoms with Crippen LogP contribution in [0.3, 0.4) is 0 Å². The maximum absolute atomic E-state index is 7.57. The third-order valence-electron chi connectivity index (χ3n) is 1.33. The van der Waals surface area contributed by atoms with E-state index in [0.717, 1.165) is 0 Å². The van der Waals surface area contributed by atoms with Crippen LogP contribution in [0.25, 0.3) is 0 Å². The minimum atomic E-state index is 0.250. The molecule has 0 saturated carbocycles. The highest BCUT2D eigenvalue weighted by molar-refractivity contribution is 4.99.